The fourth-order valence-corrected chi connectivity index (χ4v) is 4.92. The number of aromatic nitrogens is 2. The van der Waals surface area contributed by atoms with Gasteiger partial charge in [-0.1, -0.05) is 30.3 Å². The summed E-state index contributed by atoms with van der Waals surface area (Å²) in [5.41, 5.74) is 3.86. The summed E-state index contributed by atoms with van der Waals surface area (Å²) in [6, 6.07) is 16.1. The third-order valence-electron chi connectivity index (χ3n) is 6.62. The van der Waals surface area contributed by atoms with Crippen LogP contribution in [0.15, 0.2) is 72.9 Å². The lowest BCUT2D eigenvalue weighted by Crippen LogP contribution is -2.41. The number of carbonyl (C=O) groups is 2. The summed E-state index contributed by atoms with van der Waals surface area (Å²) in [4.78, 5) is 32.4. The molecule has 4 aromatic rings. The molecule has 0 radical (unpaired) electrons. The van der Waals surface area contributed by atoms with Crippen molar-refractivity contribution in [1.29, 1.82) is 0 Å². The Kier molecular flexibility index (Phi) is 10.3. The Morgan fingerprint density at radius 2 is 1.73 bits per heavy atom. The number of hydrogen-bond acceptors (Lipinski definition) is 5. The van der Waals surface area contributed by atoms with Crippen LogP contribution in [-0.2, 0) is 16.1 Å². The third-order valence-corrected chi connectivity index (χ3v) is 7.27. The average molecular weight is 580 g/mol. The first-order chi connectivity index (χ1) is 19.7. The summed E-state index contributed by atoms with van der Waals surface area (Å²) in [5.74, 6) is -1.26. The number of amides is 1. The van der Waals surface area contributed by atoms with Crippen LogP contribution in [0.1, 0.15) is 45.3 Å². The number of thioether (sulfide) groups is 1. The highest BCUT2D eigenvalue weighted by Crippen LogP contribution is 2.28. The fraction of sp³-hybridized carbons (Fsp3) is 0.258. The van der Waals surface area contributed by atoms with Crippen molar-refractivity contribution in [3.05, 3.63) is 113 Å². The molecule has 0 aliphatic rings. The zero-order chi connectivity index (χ0) is 29.4. The predicted molar refractivity (Wildman–Crippen MR) is 155 cm³/mol. The number of ether oxygens (including phenoxy) is 1. The molecule has 0 fully saturated rings. The molecule has 0 saturated carbocycles. The van der Waals surface area contributed by atoms with Crippen molar-refractivity contribution < 1.29 is 28.2 Å². The van der Waals surface area contributed by atoms with Crippen LogP contribution in [0.25, 0.3) is 11.1 Å². The van der Waals surface area contributed by atoms with Gasteiger partial charge in [0, 0.05) is 23.4 Å². The van der Waals surface area contributed by atoms with Crippen LogP contribution >= 0.6 is 11.8 Å². The number of aryl methyl sites for hydroxylation is 1. The number of nitrogens with one attached hydrogen (secondary N) is 2. The SMILES string of the molecule is CSCC[C@H](NC(=O)c1ccc(COCC(c2ccc(F)cc2)c2cnc(C)[nH]2)cc1-c1ccc(F)cc1)C(=O)O. The molecule has 214 valence electrons. The van der Waals surface area contributed by atoms with E-state index in [1.807, 2.05) is 13.2 Å². The average Bonchev–Trinajstić information content (AvgIpc) is 3.39. The minimum atomic E-state index is -1.11. The molecule has 2 atom stereocenters. The number of imidazole rings is 1. The Morgan fingerprint density at radius 3 is 2.34 bits per heavy atom. The molecule has 1 amide bonds. The number of carboxylic acid groups (broad SMARTS) is 1. The van der Waals surface area contributed by atoms with E-state index in [0.29, 0.717) is 16.9 Å². The maximum atomic E-state index is 13.7. The molecule has 0 saturated heterocycles. The standard InChI is InChI=1S/C31H31F2N3O4S/c1-19-34-16-29(35-19)27(22-6-10-24(33)11-7-22)18-40-17-20-3-12-25(26(15-20)21-4-8-23(32)9-5-21)30(37)36-28(31(38)39)13-14-41-2/h3-12,15-16,27-28H,13-14,17-18H2,1-2H3,(H,34,35)(H,36,37)(H,38,39)/t27?,28-/m0/s1. The van der Waals surface area contributed by atoms with Gasteiger partial charge in [0.2, 0.25) is 0 Å². The van der Waals surface area contributed by atoms with E-state index < -0.39 is 23.7 Å². The summed E-state index contributed by atoms with van der Waals surface area (Å²) in [6.07, 6.45) is 3.88. The van der Waals surface area contributed by atoms with E-state index in [1.54, 1.807) is 48.7 Å². The van der Waals surface area contributed by atoms with Crippen LogP contribution in [0.5, 0.6) is 0 Å². The minimum Gasteiger partial charge on any atom is -0.480 e. The predicted octanol–water partition coefficient (Wildman–Crippen LogP) is 5.95. The number of halogens is 2. The number of aromatic amines is 1. The first-order valence-electron chi connectivity index (χ1n) is 13.0. The molecule has 0 spiro atoms. The molecule has 0 aliphatic heterocycles. The zero-order valence-electron chi connectivity index (χ0n) is 22.7. The van der Waals surface area contributed by atoms with Gasteiger partial charge >= 0.3 is 5.97 Å². The molecule has 0 bridgehead atoms. The largest absolute Gasteiger partial charge is 0.480 e. The highest BCUT2D eigenvalue weighted by molar-refractivity contribution is 7.98. The number of hydrogen-bond donors (Lipinski definition) is 3. The number of carbonyl (C=O) groups excluding carboxylic acids is 1. The van der Waals surface area contributed by atoms with E-state index in [9.17, 15) is 23.5 Å². The van der Waals surface area contributed by atoms with Crippen molar-refractivity contribution in [3.8, 4) is 11.1 Å². The van der Waals surface area contributed by atoms with E-state index in [1.165, 1.54) is 36.0 Å². The van der Waals surface area contributed by atoms with Gasteiger partial charge in [-0.25, -0.2) is 18.6 Å². The Hall–Kier alpha value is -4.02. The van der Waals surface area contributed by atoms with Gasteiger partial charge in [0.05, 0.1) is 13.2 Å². The van der Waals surface area contributed by atoms with Crippen LogP contribution in [0.2, 0.25) is 0 Å². The third kappa shape index (κ3) is 8.02. The zero-order valence-corrected chi connectivity index (χ0v) is 23.5. The molecule has 1 unspecified atom stereocenters. The van der Waals surface area contributed by atoms with Crippen LogP contribution in [0.4, 0.5) is 8.78 Å². The van der Waals surface area contributed by atoms with Gasteiger partial charge in [-0.05, 0) is 84.0 Å². The molecule has 1 heterocycles. The smallest absolute Gasteiger partial charge is 0.326 e. The van der Waals surface area contributed by atoms with E-state index >= 15 is 0 Å². The number of H-pyrrole nitrogens is 1. The fourth-order valence-electron chi connectivity index (χ4n) is 4.45. The Morgan fingerprint density at radius 1 is 1.05 bits per heavy atom. The van der Waals surface area contributed by atoms with Gasteiger partial charge in [0.15, 0.2) is 0 Å². The van der Waals surface area contributed by atoms with Crippen molar-refractivity contribution in [2.45, 2.75) is 31.9 Å². The number of benzene rings is 3. The van der Waals surface area contributed by atoms with E-state index in [-0.39, 0.29) is 36.9 Å². The van der Waals surface area contributed by atoms with Crippen molar-refractivity contribution in [2.24, 2.45) is 0 Å². The number of nitrogens with zero attached hydrogens (tertiary/aromatic N) is 1. The summed E-state index contributed by atoms with van der Waals surface area (Å²) in [7, 11) is 0. The monoisotopic (exact) mass is 579 g/mol. The molecular formula is C31H31F2N3O4S. The van der Waals surface area contributed by atoms with Gasteiger partial charge in [0.25, 0.3) is 5.91 Å². The summed E-state index contributed by atoms with van der Waals surface area (Å²) >= 11 is 1.50. The number of aliphatic carboxylic acids is 1. The van der Waals surface area contributed by atoms with Gasteiger partial charge < -0.3 is 20.1 Å². The van der Waals surface area contributed by atoms with E-state index in [2.05, 4.69) is 15.3 Å². The lowest BCUT2D eigenvalue weighted by Gasteiger charge is -2.18. The minimum absolute atomic E-state index is 0.201. The maximum absolute atomic E-state index is 13.7. The summed E-state index contributed by atoms with van der Waals surface area (Å²) in [5, 5.41) is 12.2. The van der Waals surface area contributed by atoms with Crippen molar-refractivity contribution in [1.82, 2.24) is 15.3 Å². The normalized spacial score (nSPS) is 12.6. The summed E-state index contributed by atoms with van der Waals surface area (Å²) in [6.45, 7) is 2.33. The van der Waals surface area contributed by atoms with Crippen LogP contribution in [-0.4, -0.2) is 51.6 Å². The van der Waals surface area contributed by atoms with Crippen molar-refractivity contribution in [2.75, 3.05) is 18.6 Å². The van der Waals surface area contributed by atoms with Crippen LogP contribution in [0, 0.1) is 18.6 Å². The molecule has 7 nitrogen and oxygen atoms in total. The molecular weight excluding hydrogens is 548 g/mol. The topological polar surface area (TPSA) is 104 Å². The van der Waals surface area contributed by atoms with Crippen molar-refractivity contribution >= 4 is 23.6 Å². The Balaban J connectivity index is 1.56. The lowest BCUT2D eigenvalue weighted by atomic mass is 9.96. The summed E-state index contributed by atoms with van der Waals surface area (Å²) < 4.78 is 33.3. The first-order valence-corrected chi connectivity index (χ1v) is 14.4. The van der Waals surface area contributed by atoms with Crippen LogP contribution < -0.4 is 5.32 Å². The van der Waals surface area contributed by atoms with Crippen LogP contribution in [0.3, 0.4) is 0 Å². The number of carboxylic acids is 1. The molecule has 0 aliphatic carbocycles. The Bertz CT molecular complexity index is 1480. The molecule has 41 heavy (non-hydrogen) atoms. The second kappa shape index (κ2) is 14.0. The van der Waals surface area contributed by atoms with Gasteiger partial charge in [-0.3, -0.25) is 4.79 Å². The first kappa shape index (κ1) is 30.0. The molecule has 1 aromatic heterocycles. The quantitative estimate of drug-likeness (QED) is 0.181. The molecule has 3 aromatic carbocycles. The second-order valence-corrected chi connectivity index (χ2v) is 10.6. The van der Waals surface area contributed by atoms with E-state index in [4.69, 9.17) is 4.74 Å². The van der Waals surface area contributed by atoms with Crippen molar-refractivity contribution in [3.63, 3.8) is 0 Å². The molecule has 3 N–H and O–H groups in total. The Labute approximate surface area is 241 Å². The van der Waals surface area contributed by atoms with Gasteiger partial charge in [-0.2, -0.15) is 11.8 Å². The lowest BCUT2D eigenvalue weighted by molar-refractivity contribution is -0.139. The molecule has 10 heteroatoms. The van der Waals surface area contributed by atoms with E-state index in [0.717, 1.165) is 22.6 Å². The highest BCUT2D eigenvalue weighted by Gasteiger charge is 2.23. The maximum Gasteiger partial charge on any atom is 0.326 e. The van der Waals surface area contributed by atoms with Gasteiger partial charge in [0.1, 0.15) is 23.5 Å². The molecule has 4 rings (SSSR count). The van der Waals surface area contributed by atoms with Gasteiger partial charge in [-0.15, -0.1) is 0 Å². The highest BCUT2D eigenvalue weighted by atomic mass is 32.2. The number of rotatable bonds is 13. The second-order valence-electron chi connectivity index (χ2n) is 9.58.